The third kappa shape index (κ3) is 2.35. The zero-order valence-electron chi connectivity index (χ0n) is 15.4. The molecule has 3 saturated carbocycles. The molecule has 0 aromatic carbocycles. The predicted octanol–water partition coefficient (Wildman–Crippen LogP) is 5.29. The van der Waals surface area contributed by atoms with Crippen molar-refractivity contribution in [1.29, 1.82) is 0 Å². The second-order valence-corrected chi connectivity index (χ2v) is 8.97. The van der Waals surface area contributed by atoms with Crippen LogP contribution in [0.15, 0.2) is 0 Å². The van der Waals surface area contributed by atoms with Crippen molar-refractivity contribution >= 4 is 5.78 Å². The number of hydrogen-bond acceptors (Lipinski definition) is 1. The summed E-state index contributed by atoms with van der Waals surface area (Å²) in [5.41, 5.74) is 0.509. The summed E-state index contributed by atoms with van der Waals surface area (Å²) in [5, 5.41) is 0. The van der Waals surface area contributed by atoms with Gasteiger partial charge in [0.15, 0.2) is 0 Å². The zero-order valence-corrected chi connectivity index (χ0v) is 18.2. The molecular formula is C20H33OY-. The Balaban J connectivity index is 0.00000176. The molecule has 0 amide bonds. The van der Waals surface area contributed by atoms with Crippen molar-refractivity contribution < 1.29 is 37.5 Å². The van der Waals surface area contributed by atoms with Gasteiger partial charge < -0.3 is 5.92 Å². The van der Waals surface area contributed by atoms with Gasteiger partial charge in [-0.15, -0.1) is 0 Å². The summed E-state index contributed by atoms with van der Waals surface area (Å²) >= 11 is 0. The number of Topliss-reactive ketones (excluding diaryl/α,β-unsaturated/α-hetero) is 1. The Morgan fingerprint density at radius 3 is 2.36 bits per heavy atom. The largest absolute Gasteiger partial charge is 0.313 e. The molecule has 0 aromatic heterocycles. The van der Waals surface area contributed by atoms with Gasteiger partial charge >= 0.3 is 0 Å². The Labute approximate surface area is 162 Å². The van der Waals surface area contributed by atoms with E-state index < -0.39 is 0 Å². The van der Waals surface area contributed by atoms with E-state index in [0.29, 0.717) is 40.8 Å². The first-order valence-corrected chi connectivity index (χ1v) is 9.10. The number of rotatable bonds is 0. The number of carbonyl (C=O) groups excluding carboxylic acids is 1. The third-order valence-electron chi connectivity index (χ3n) is 8.58. The molecular weight excluding hydrogens is 345 g/mol. The van der Waals surface area contributed by atoms with Gasteiger partial charge in [0.25, 0.3) is 0 Å². The fourth-order valence-corrected chi connectivity index (χ4v) is 6.58. The summed E-state index contributed by atoms with van der Waals surface area (Å²) in [6.45, 7) is 14.5. The fourth-order valence-electron chi connectivity index (χ4n) is 6.58. The molecule has 0 N–H and O–H groups in total. The molecule has 22 heavy (non-hydrogen) atoms. The van der Waals surface area contributed by atoms with Gasteiger partial charge in [-0.2, -0.15) is 19.3 Å². The summed E-state index contributed by atoms with van der Waals surface area (Å²) < 4.78 is 0. The van der Waals surface area contributed by atoms with E-state index in [4.69, 9.17) is 0 Å². The van der Waals surface area contributed by atoms with E-state index in [9.17, 15) is 4.79 Å². The monoisotopic (exact) mass is 378 g/mol. The maximum atomic E-state index is 12.9. The van der Waals surface area contributed by atoms with Crippen LogP contribution in [0.3, 0.4) is 0 Å². The van der Waals surface area contributed by atoms with Crippen molar-refractivity contribution in [3.05, 3.63) is 5.92 Å². The average molecular weight is 378 g/mol. The molecule has 3 fully saturated rings. The molecule has 0 heterocycles. The zero-order chi connectivity index (χ0) is 15.6. The normalized spacial score (nSPS) is 52.5. The van der Waals surface area contributed by atoms with Crippen molar-refractivity contribution in [2.45, 2.75) is 73.6 Å². The molecule has 1 radical (unpaired) electrons. The van der Waals surface area contributed by atoms with Gasteiger partial charge in [-0.25, -0.2) is 0 Å². The van der Waals surface area contributed by atoms with Crippen molar-refractivity contribution in [1.82, 2.24) is 0 Å². The SMILES string of the molecule is C[C-]1CC(C)C2(C)C(C)CCC3(CCC(=O)C32)C(C)C1C.[Y]. The van der Waals surface area contributed by atoms with E-state index >= 15 is 0 Å². The van der Waals surface area contributed by atoms with Crippen LogP contribution in [0.25, 0.3) is 0 Å². The first-order chi connectivity index (χ1) is 9.75. The van der Waals surface area contributed by atoms with E-state index in [-0.39, 0.29) is 38.1 Å². The Morgan fingerprint density at radius 1 is 1.09 bits per heavy atom. The molecule has 0 aromatic rings. The van der Waals surface area contributed by atoms with Crippen LogP contribution in [-0.4, -0.2) is 5.78 Å². The summed E-state index contributed by atoms with van der Waals surface area (Å²) in [7, 11) is 0. The smallest absolute Gasteiger partial charge is 0.137 e. The molecule has 0 aliphatic heterocycles. The minimum atomic E-state index is 0. The van der Waals surface area contributed by atoms with Crippen LogP contribution in [-0.2, 0) is 37.5 Å². The standard InChI is InChI=1S/C20H33O.Y/c1-12-11-14(3)19(6)13(2)7-9-20(16(5)15(12)4)10-8-17(21)18(19)20;/h13-16,18H,7-11H2,1-6H3;/q-1;. The summed E-state index contributed by atoms with van der Waals surface area (Å²) in [6.07, 6.45) is 5.82. The van der Waals surface area contributed by atoms with Crippen molar-refractivity contribution in [2.24, 2.45) is 40.4 Å². The second-order valence-electron chi connectivity index (χ2n) is 8.97. The van der Waals surface area contributed by atoms with Crippen LogP contribution in [0.1, 0.15) is 73.6 Å². The van der Waals surface area contributed by atoms with Crippen molar-refractivity contribution in [3.8, 4) is 0 Å². The van der Waals surface area contributed by atoms with Gasteiger partial charge in [-0.05, 0) is 36.0 Å². The van der Waals surface area contributed by atoms with Gasteiger partial charge in [0.05, 0.1) is 0 Å². The molecule has 2 bridgehead atoms. The van der Waals surface area contributed by atoms with Gasteiger partial charge in [0, 0.05) is 45.0 Å². The summed E-state index contributed by atoms with van der Waals surface area (Å²) in [6, 6.07) is 0. The number of carbonyl (C=O) groups is 1. The van der Waals surface area contributed by atoms with Crippen LogP contribution in [0, 0.1) is 46.3 Å². The molecule has 0 spiro atoms. The van der Waals surface area contributed by atoms with Crippen LogP contribution >= 0.6 is 0 Å². The Kier molecular flexibility index (Phi) is 5.43. The van der Waals surface area contributed by atoms with Gasteiger partial charge in [0.1, 0.15) is 5.78 Å². The topological polar surface area (TPSA) is 17.1 Å². The molecule has 3 aliphatic carbocycles. The molecule has 0 saturated heterocycles. The third-order valence-corrected chi connectivity index (χ3v) is 8.58. The van der Waals surface area contributed by atoms with E-state index in [2.05, 4.69) is 41.5 Å². The summed E-state index contributed by atoms with van der Waals surface area (Å²) in [4.78, 5) is 12.9. The molecule has 1 nitrogen and oxygen atoms in total. The number of ketones is 1. The predicted molar refractivity (Wildman–Crippen MR) is 87.7 cm³/mol. The molecule has 7 unspecified atom stereocenters. The van der Waals surface area contributed by atoms with E-state index in [0.717, 1.165) is 12.8 Å². The Hall–Kier alpha value is 0.774. The molecule has 2 heteroatoms. The van der Waals surface area contributed by atoms with E-state index in [1.54, 1.807) is 5.92 Å². The molecule has 7 atom stereocenters. The average Bonchev–Trinajstić information content (AvgIpc) is 2.79. The maximum Gasteiger partial charge on any atom is 0.137 e. The molecule has 123 valence electrons. The van der Waals surface area contributed by atoms with Crippen molar-refractivity contribution in [3.63, 3.8) is 0 Å². The van der Waals surface area contributed by atoms with Crippen LogP contribution in [0.5, 0.6) is 0 Å². The van der Waals surface area contributed by atoms with Crippen LogP contribution in [0.4, 0.5) is 0 Å². The first-order valence-electron chi connectivity index (χ1n) is 9.10. The quantitative estimate of drug-likeness (QED) is 0.524. The minimum Gasteiger partial charge on any atom is -0.313 e. The molecule has 3 aliphatic rings. The first kappa shape index (κ1) is 19.1. The Bertz CT molecular complexity index is 447. The molecule has 3 rings (SSSR count). The Morgan fingerprint density at radius 2 is 1.73 bits per heavy atom. The van der Waals surface area contributed by atoms with Gasteiger partial charge in [0.2, 0.25) is 0 Å². The van der Waals surface area contributed by atoms with Crippen LogP contribution in [0.2, 0.25) is 0 Å². The number of hydrogen-bond donors (Lipinski definition) is 0. The van der Waals surface area contributed by atoms with Gasteiger partial charge in [-0.1, -0.05) is 46.5 Å². The fraction of sp³-hybridized carbons (Fsp3) is 0.900. The van der Waals surface area contributed by atoms with Crippen LogP contribution < -0.4 is 0 Å². The van der Waals surface area contributed by atoms with E-state index in [1.165, 1.54) is 19.3 Å². The second kappa shape index (κ2) is 6.25. The maximum absolute atomic E-state index is 12.9. The minimum absolute atomic E-state index is 0. The van der Waals surface area contributed by atoms with Crippen molar-refractivity contribution in [2.75, 3.05) is 0 Å². The summed E-state index contributed by atoms with van der Waals surface area (Å²) in [5.74, 6) is 5.23. The van der Waals surface area contributed by atoms with E-state index in [1.807, 2.05) is 0 Å². The van der Waals surface area contributed by atoms with Gasteiger partial charge in [-0.3, -0.25) is 4.79 Å².